The maximum absolute atomic E-state index is 13.0. The van der Waals surface area contributed by atoms with Crippen molar-refractivity contribution in [1.82, 2.24) is 0 Å². The summed E-state index contributed by atoms with van der Waals surface area (Å²) < 4.78 is 61.2. The Labute approximate surface area is 638 Å². The van der Waals surface area contributed by atoms with Crippen LogP contribution in [0.3, 0.4) is 0 Å². The van der Waals surface area contributed by atoms with Crippen LogP contribution in [0.2, 0.25) is 0 Å². The van der Waals surface area contributed by atoms with Crippen molar-refractivity contribution in [3.63, 3.8) is 0 Å². The lowest BCUT2D eigenvalue weighted by Crippen LogP contribution is -2.30. The van der Waals surface area contributed by atoms with Crippen LogP contribution < -0.4 is 0 Å². The Morgan fingerprint density at radius 3 is 0.800 bits per heavy atom. The number of aliphatic hydroxyl groups is 2. The van der Waals surface area contributed by atoms with Gasteiger partial charge in [0.05, 0.1) is 26.4 Å². The van der Waals surface area contributed by atoms with Crippen LogP contribution in [0.1, 0.15) is 316 Å². The summed E-state index contributed by atoms with van der Waals surface area (Å²) in [6.07, 6.45) is 98.5. The number of hydrogen-bond acceptors (Lipinski definition) is 14. The van der Waals surface area contributed by atoms with E-state index in [4.69, 9.17) is 32.3 Å². The second-order valence-corrected chi connectivity index (χ2v) is 29.7. The van der Waals surface area contributed by atoms with E-state index in [1.54, 1.807) is 0 Å². The molecular formula is C87H146O16P2. The molecule has 0 aromatic heterocycles. The lowest BCUT2D eigenvalue weighted by molar-refractivity contribution is -0.161. The van der Waals surface area contributed by atoms with Gasteiger partial charge in [-0.2, -0.15) is 0 Å². The minimum absolute atomic E-state index is 0.0835. The zero-order valence-electron chi connectivity index (χ0n) is 65.6. The molecule has 0 radical (unpaired) electrons. The number of aliphatic hydroxyl groups excluding tert-OH is 2. The third-order valence-electron chi connectivity index (χ3n) is 16.7. The number of phosphoric acid groups is 2. The maximum atomic E-state index is 13.0. The van der Waals surface area contributed by atoms with Crippen molar-refractivity contribution in [3.05, 3.63) is 158 Å². The van der Waals surface area contributed by atoms with Gasteiger partial charge in [-0.3, -0.25) is 32.5 Å². The van der Waals surface area contributed by atoms with Crippen LogP contribution in [-0.2, 0) is 55.8 Å². The molecule has 0 rings (SSSR count). The van der Waals surface area contributed by atoms with Gasteiger partial charge < -0.3 is 34.2 Å². The summed E-state index contributed by atoms with van der Waals surface area (Å²) in [6, 6.07) is 0. The molecular weight excluding hydrogens is 1360 g/mol. The fourth-order valence-corrected chi connectivity index (χ4v) is 12.2. The van der Waals surface area contributed by atoms with Gasteiger partial charge in [0, 0.05) is 19.3 Å². The molecule has 0 fully saturated rings. The first-order valence-corrected chi connectivity index (χ1v) is 43.8. The van der Waals surface area contributed by atoms with E-state index in [1.165, 1.54) is 77.0 Å². The predicted octanol–water partition coefficient (Wildman–Crippen LogP) is 24.2. The molecule has 0 spiro atoms. The molecule has 0 aliphatic carbocycles. The second kappa shape index (κ2) is 78.7. The highest BCUT2D eigenvalue weighted by molar-refractivity contribution is 7.47. The summed E-state index contributed by atoms with van der Waals surface area (Å²) in [7, 11) is -9.81. The topological polar surface area (TPSA) is 231 Å². The largest absolute Gasteiger partial charge is 0.472 e. The van der Waals surface area contributed by atoms with Crippen molar-refractivity contribution < 1.29 is 75.8 Å². The zero-order chi connectivity index (χ0) is 76.6. The second-order valence-electron chi connectivity index (χ2n) is 26.8. The monoisotopic (exact) mass is 1510 g/mol. The SMILES string of the molecule is CC/C=C\C/C=C\C/C=C\C/C=C\C/C=C\C/C=C\CCCCCCCCCCCCC(=O)OCC(O)COP(=O)(O)OCC(O)COP(=O)(O)OCC(COC(=O)CCCCCCCCCCC/C=C\C/C=C\C/C=C\C/C=C\C/C=C\CC)OC(=O)CCCCCCC/C=C\C/C=C\CCCCC. The van der Waals surface area contributed by atoms with Crippen LogP contribution in [0.5, 0.6) is 0 Å². The lowest BCUT2D eigenvalue weighted by atomic mass is 10.1. The van der Waals surface area contributed by atoms with Gasteiger partial charge in [0.2, 0.25) is 0 Å². The molecule has 5 atom stereocenters. The van der Waals surface area contributed by atoms with Crippen molar-refractivity contribution in [3.8, 4) is 0 Å². The van der Waals surface area contributed by atoms with E-state index in [-0.39, 0.29) is 19.3 Å². The van der Waals surface area contributed by atoms with Crippen LogP contribution in [0.4, 0.5) is 0 Å². The molecule has 0 aromatic rings. The minimum Gasteiger partial charge on any atom is -0.463 e. The standard InChI is InChI=1S/C87H146O16P2/c1-4-7-10-13-16-19-22-25-28-30-32-34-36-38-39-40-41-43-45-46-48-50-53-55-58-61-64-67-70-73-85(90)97-76-82(88)77-99-104(93,94)100-78-83(89)79-101-105(95,96)102-81-84(103-87(92)75-72-69-66-63-60-57-52-27-24-21-18-15-12-9-6-3)80-98-86(91)74-71-68-65-62-59-56-54-51-49-47-44-42-37-35-33-31-29-26-23-20-17-14-11-8-5-2/h7-8,10-11,16-21,25-29,32-35,38-39,41-44,52,82-84,88-89H,4-6,9,12-15,22-24,30-31,36-37,40,45-51,53-81H2,1-3H3,(H,93,94)(H,95,96)/b10-7-,11-8-,19-16-,20-17-,21-18-,28-25-,29-26-,34-32-,35-33-,39-38-,43-41-,44-42-,52-27-. The Kier molecular flexibility index (Phi) is 75.1. The van der Waals surface area contributed by atoms with E-state index in [2.05, 4.69) is 179 Å². The van der Waals surface area contributed by atoms with Gasteiger partial charge in [0.15, 0.2) is 6.10 Å². The van der Waals surface area contributed by atoms with E-state index in [1.807, 2.05) is 0 Å². The molecule has 4 N–H and O–H groups in total. The maximum Gasteiger partial charge on any atom is 0.472 e. The normalized spacial score (nSPS) is 14.8. The first-order valence-electron chi connectivity index (χ1n) is 40.8. The number of unbranched alkanes of at least 4 members (excludes halogenated alkanes) is 27. The average Bonchev–Trinajstić information content (AvgIpc) is 0.913. The number of carbonyl (C=O) groups is 3. The van der Waals surface area contributed by atoms with Crippen LogP contribution in [-0.4, -0.2) is 95.9 Å². The van der Waals surface area contributed by atoms with Crippen molar-refractivity contribution in [2.45, 2.75) is 334 Å². The summed E-state index contributed by atoms with van der Waals surface area (Å²) in [6.45, 7) is 2.41. The number of rotatable bonds is 76. The van der Waals surface area contributed by atoms with E-state index in [0.29, 0.717) is 19.3 Å². The Bertz CT molecular complexity index is 2540. The van der Waals surface area contributed by atoms with Gasteiger partial charge >= 0.3 is 33.6 Å². The van der Waals surface area contributed by atoms with Gasteiger partial charge in [-0.1, -0.05) is 307 Å². The minimum atomic E-state index is -4.94. The van der Waals surface area contributed by atoms with Crippen molar-refractivity contribution in [2.75, 3.05) is 39.6 Å². The molecule has 0 aliphatic rings. The third kappa shape index (κ3) is 80.0. The molecule has 16 nitrogen and oxygen atoms in total. The number of phosphoric ester groups is 2. The highest BCUT2D eigenvalue weighted by Crippen LogP contribution is 2.45. The Balaban J connectivity index is 4.57. The van der Waals surface area contributed by atoms with E-state index in [0.717, 1.165) is 180 Å². The molecule has 0 aliphatic heterocycles. The van der Waals surface area contributed by atoms with E-state index in [9.17, 15) is 43.5 Å². The third-order valence-corrected chi connectivity index (χ3v) is 18.6. The molecule has 0 heterocycles. The Hall–Kier alpha value is -4.83. The van der Waals surface area contributed by atoms with Gasteiger partial charge in [-0.05, 0) is 148 Å². The molecule has 0 bridgehead atoms. The quantitative estimate of drug-likeness (QED) is 0.0146. The smallest absolute Gasteiger partial charge is 0.463 e. The van der Waals surface area contributed by atoms with Crippen LogP contribution in [0, 0.1) is 0 Å². The first kappa shape index (κ1) is 100. The van der Waals surface area contributed by atoms with Crippen molar-refractivity contribution >= 4 is 33.6 Å². The van der Waals surface area contributed by atoms with Crippen LogP contribution in [0.15, 0.2) is 158 Å². The van der Waals surface area contributed by atoms with Gasteiger partial charge in [-0.25, -0.2) is 9.13 Å². The summed E-state index contributed by atoms with van der Waals surface area (Å²) in [5.74, 6) is -1.60. The molecule has 18 heteroatoms. The molecule has 0 saturated carbocycles. The molecule has 0 amide bonds. The zero-order valence-corrected chi connectivity index (χ0v) is 67.4. The predicted molar refractivity (Wildman–Crippen MR) is 435 cm³/mol. The number of hydrogen-bond donors (Lipinski definition) is 4. The molecule has 0 aromatic carbocycles. The van der Waals surface area contributed by atoms with E-state index < -0.39 is 91.5 Å². The number of esters is 3. The van der Waals surface area contributed by atoms with Gasteiger partial charge in [-0.15, -0.1) is 0 Å². The van der Waals surface area contributed by atoms with Crippen LogP contribution >= 0.6 is 15.6 Å². The Morgan fingerprint density at radius 1 is 0.276 bits per heavy atom. The van der Waals surface area contributed by atoms with Gasteiger partial charge in [0.25, 0.3) is 0 Å². The van der Waals surface area contributed by atoms with Crippen molar-refractivity contribution in [1.29, 1.82) is 0 Å². The van der Waals surface area contributed by atoms with Crippen molar-refractivity contribution in [2.24, 2.45) is 0 Å². The fraction of sp³-hybridized carbons (Fsp3) is 0.667. The summed E-state index contributed by atoms with van der Waals surface area (Å²) in [5, 5.41) is 20.7. The number of allylic oxidation sites excluding steroid dienone is 26. The van der Waals surface area contributed by atoms with Crippen LogP contribution in [0.25, 0.3) is 0 Å². The fourth-order valence-electron chi connectivity index (χ4n) is 10.6. The summed E-state index contributed by atoms with van der Waals surface area (Å²) in [5.41, 5.74) is 0. The average molecular weight is 1510 g/mol. The number of ether oxygens (including phenoxy) is 3. The number of carbonyl (C=O) groups excluding carboxylic acids is 3. The summed E-state index contributed by atoms with van der Waals surface area (Å²) in [4.78, 5) is 58.7. The highest BCUT2D eigenvalue weighted by atomic mass is 31.2. The highest BCUT2D eigenvalue weighted by Gasteiger charge is 2.29. The molecule has 105 heavy (non-hydrogen) atoms. The summed E-state index contributed by atoms with van der Waals surface area (Å²) >= 11 is 0. The molecule has 0 saturated heterocycles. The lowest BCUT2D eigenvalue weighted by Gasteiger charge is -2.21. The molecule has 5 unspecified atom stereocenters. The Morgan fingerprint density at radius 2 is 0.505 bits per heavy atom. The molecule has 600 valence electrons. The van der Waals surface area contributed by atoms with Gasteiger partial charge in [0.1, 0.15) is 25.4 Å². The first-order chi connectivity index (χ1) is 51.2. The van der Waals surface area contributed by atoms with E-state index >= 15 is 0 Å².